The van der Waals surface area contributed by atoms with Crippen molar-refractivity contribution in [3.8, 4) is 5.75 Å². The summed E-state index contributed by atoms with van der Waals surface area (Å²) in [6.45, 7) is 6.29. The van der Waals surface area contributed by atoms with Gasteiger partial charge in [-0.25, -0.2) is 14.5 Å². The second kappa shape index (κ2) is 7.92. The van der Waals surface area contributed by atoms with Crippen LogP contribution >= 0.6 is 0 Å². The first kappa shape index (κ1) is 17.8. The zero-order chi connectivity index (χ0) is 18.5. The van der Waals surface area contributed by atoms with Gasteiger partial charge in [0, 0.05) is 12.2 Å². The van der Waals surface area contributed by atoms with Crippen molar-refractivity contribution < 1.29 is 9.66 Å². The molecule has 0 saturated carbocycles. The first-order valence-electron chi connectivity index (χ1n) is 8.42. The van der Waals surface area contributed by atoms with Gasteiger partial charge in [-0.05, 0) is 43.0 Å². The Morgan fingerprint density at radius 2 is 2.04 bits per heavy atom. The maximum atomic E-state index is 10.8. The molecule has 0 amide bonds. The number of piperidine rings is 1. The number of ether oxygens (including phenoxy) is 1. The third kappa shape index (κ3) is 3.80. The number of fused-ring (bicyclic) bond motifs is 1. The lowest BCUT2D eigenvalue weighted by atomic mass is 9.91. The minimum absolute atomic E-state index is 0.141. The average molecular weight is 355 g/mol. The van der Waals surface area contributed by atoms with Gasteiger partial charge in [-0.15, -0.1) is 0 Å². The van der Waals surface area contributed by atoms with Crippen LogP contribution in [0.1, 0.15) is 18.7 Å². The maximum Gasteiger partial charge on any atom is 0.343 e. The van der Waals surface area contributed by atoms with Gasteiger partial charge in [0.05, 0.1) is 7.05 Å². The molecule has 0 atom stereocenters. The molecule has 136 valence electrons. The van der Waals surface area contributed by atoms with E-state index in [0.29, 0.717) is 5.75 Å². The number of hydrogen-bond acceptors (Lipinski definition) is 6. The Labute approximate surface area is 151 Å². The van der Waals surface area contributed by atoms with Crippen molar-refractivity contribution in [1.29, 1.82) is 0 Å². The number of hydrogen-bond donors (Lipinski definition) is 0. The highest BCUT2D eigenvalue weighted by molar-refractivity contribution is 5.93. The molecule has 2 aliphatic heterocycles. The Hall–Kier alpha value is -3.00. The minimum Gasteiger partial charge on any atom is -0.434 e. The molecule has 2 saturated heterocycles. The standard InChI is InChI=1S/C13H12N4O3.C5H9N/c1-3-14-13(20-10-7-5-4-6-8-10)12-15-9-11(16(12)2)17(18)19;1-3-6-4-2-5(1)6/h3-9H,1H2,2H3;5H,1-4H2. The zero-order valence-corrected chi connectivity index (χ0v) is 14.6. The number of imidazole rings is 1. The molecule has 2 fully saturated rings. The van der Waals surface area contributed by atoms with E-state index in [2.05, 4.69) is 21.5 Å². The van der Waals surface area contributed by atoms with E-state index in [4.69, 9.17) is 4.74 Å². The first-order valence-corrected chi connectivity index (χ1v) is 8.42. The summed E-state index contributed by atoms with van der Waals surface area (Å²) in [7, 11) is 1.52. The van der Waals surface area contributed by atoms with Crippen molar-refractivity contribution in [2.45, 2.75) is 18.9 Å². The van der Waals surface area contributed by atoms with Gasteiger partial charge in [-0.2, -0.15) is 0 Å². The van der Waals surface area contributed by atoms with Crippen LogP contribution in [-0.2, 0) is 7.05 Å². The highest BCUT2D eigenvalue weighted by Crippen LogP contribution is 2.28. The molecule has 3 heterocycles. The molecule has 0 bridgehead atoms. The molecule has 1 aromatic carbocycles. The molecule has 1 aromatic heterocycles. The number of para-hydroxylation sites is 1. The van der Waals surface area contributed by atoms with Crippen molar-refractivity contribution in [1.82, 2.24) is 14.5 Å². The lowest BCUT2D eigenvalue weighted by Crippen LogP contribution is -2.57. The molecule has 0 radical (unpaired) electrons. The number of aliphatic imine (C=N–C) groups is 1. The Balaban J connectivity index is 0.000000269. The van der Waals surface area contributed by atoms with Crippen molar-refractivity contribution in [2.24, 2.45) is 12.0 Å². The fraction of sp³-hybridized carbons (Fsp3) is 0.333. The SMILES string of the molecule is C1CN2CCC12.C=CN=C(Oc1ccccc1)c1ncc([N+](=O)[O-])n1C. The van der Waals surface area contributed by atoms with Gasteiger partial charge in [0.15, 0.2) is 0 Å². The summed E-state index contributed by atoms with van der Waals surface area (Å²) in [5.74, 6) is 0.800. The minimum atomic E-state index is -0.523. The predicted molar refractivity (Wildman–Crippen MR) is 98.3 cm³/mol. The van der Waals surface area contributed by atoms with E-state index >= 15 is 0 Å². The summed E-state index contributed by atoms with van der Waals surface area (Å²) in [4.78, 5) is 20.8. The van der Waals surface area contributed by atoms with Crippen LogP contribution < -0.4 is 4.74 Å². The predicted octanol–water partition coefficient (Wildman–Crippen LogP) is 2.76. The monoisotopic (exact) mass is 355 g/mol. The third-order valence-corrected chi connectivity index (χ3v) is 4.52. The normalized spacial score (nSPS) is 16.4. The highest BCUT2D eigenvalue weighted by atomic mass is 16.6. The van der Waals surface area contributed by atoms with Gasteiger partial charge in [0.1, 0.15) is 11.9 Å². The largest absolute Gasteiger partial charge is 0.434 e. The van der Waals surface area contributed by atoms with Crippen molar-refractivity contribution in [3.63, 3.8) is 0 Å². The van der Waals surface area contributed by atoms with Crippen LogP contribution in [0.2, 0.25) is 0 Å². The number of nitro groups is 1. The van der Waals surface area contributed by atoms with Crippen LogP contribution in [-0.4, -0.2) is 44.4 Å². The Morgan fingerprint density at radius 1 is 1.38 bits per heavy atom. The number of rotatable bonds is 4. The Kier molecular flexibility index (Phi) is 5.43. The fourth-order valence-electron chi connectivity index (χ4n) is 2.83. The van der Waals surface area contributed by atoms with Crippen LogP contribution in [0, 0.1) is 10.1 Å². The van der Waals surface area contributed by atoms with Crippen LogP contribution in [0.3, 0.4) is 0 Å². The third-order valence-electron chi connectivity index (χ3n) is 4.52. The summed E-state index contributed by atoms with van der Waals surface area (Å²) >= 11 is 0. The molecule has 8 nitrogen and oxygen atoms in total. The fourth-order valence-corrected chi connectivity index (χ4v) is 2.83. The van der Waals surface area contributed by atoms with Gasteiger partial charge < -0.3 is 19.8 Å². The summed E-state index contributed by atoms with van der Waals surface area (Å²) in [6, 6.07) is 10.0. The smallest absolute Gasteiger partial charge is 0.343 e. The summed E-state index contributed by atoms with van der Waals surface area (Å²) in [5, 5.41) is 10.8. The topological polar surface area (TPSA) is 85.8 Å². The van der Waals surface area contributed by atoms with E-state index in [1.807, 2.05) is 18.2 Å². The van der Waals surface area contributed by atoms with E-state index in [1.54, 1.807) is 12.1 Å². The zero-order valence-electron chi connectivity index (χ0n) is 14.6. The summed E-state index contributed by atoms with van der Waals surface area (Å²) < 4.78 is 6.88. The van der Waals surface area contributed by atoms with E-state index < -0.39 is 4.92 Å². The number of aromatic nitrogens is 2. The van der Waals surface area contributed by atoms with Gasteiger partial charge in [-0.1, -0.05) is 24.8 Å². The summed E-state index contributed by atoms with van der Waals surface area (Å²) in [6.07, 6.45) is 5.42. The van der Waals surface area contributed by atoms with Crippen LogP contribution in [0.5, 0.6) is 5.75 Å². The Bertz CT molecular complexity index is 797. The summed E-state index contributed by atoms with van der Waals surface area (Å²) in [5.41, 5.74) is 0. The van der Waals surface area contributed by atoms with Gasteiger partial charge in [0.25, 0.3) is 11.7 Å². The average Bonchev–Trinajstić information content (AvgIpc) is 3.01. The van der Waals surface area contributed by atoms with E-state index in [1.165, 1.54) is 43.7 Å². The lowest BCUT2D eigenvalue weighted by Gasteiger charge is -2.50. The van der Waals surface area contributed by atoms with Crippen molar-refractivity contribution in [2.75, 3.05) is 13.1 Å². The second-order valence-electron chi connectivity index (χ2n) is 6.06. The van der Waals surface area contributed by atoms with Crippen molar-refractivity contribution >= 4 is 11.7 Å². The van der Waals surface area contributed by atoms with Gasteiger partial charge in [-0.3, -0.25) is 0 Å². The van der Waals surface area contributed by atoms with Gasteiger partial charge >= 0.3 is 5.82 Å². The Morgan fingerprint density at radius 3 is 2.46 bits per heavy atom. The molecular weight excluding hydrogens is 334 g/mol. The molecule has 0 spiro atoms. The number of benzene rings is 1. The van der Waals surface area contributed by atoms with Crippen LogP contribution in [0.4, 0.5) is 5.82 Å². The molecule has 0 unspecified atom stereocenters. The first-order chi connectivity index (χ1) is 12.6. The number of nitrogens with zero attached hydrogens (tertiary/aromatic N) is 5. The van der Waals surface area contributed by atoms with E-state index in [0.717, 1.165) is 12.2 Å². The molecule has 0 aliphatic carbocycles. The van der Waals surface area contributed by atoms with Crippen LogP contribution in [0.25, 0.3) is 0 Å². The molecule has 0 N–H and O–H groups in total. The molecule has 4 rings (SSSR count). The second-order valence-corrected chi connectivity index (χ2v) is 6.06. The molecule has 26 heavy (non-hydrogen) atoms. The molecule has 8 heteroatoms. The molecular formula is C18H21N5O3. The lowest BCUT2D eigenvalue weighted by molar-refractivity contribution is -0.391. The highest BCUT2D eigenvalue weighted by Gasteiger charge is 2.34. The van der Waals surface area contributed by atoms with E-state index in [9.17, 15) is 10.1 Å². The van der Waals surface area contributed by atoms with Gasteiger partial charge in [0.2, 0.25) is 0 Å². The maximum absolute atomic E-state index is 10.8. The van der Waals surface area contributed by atoms with Crippen LogP contribution in [0.15, 0.2) is 54.3 Å². The van der Waals surface area contributed by atoms with E-state index in [-0.39, 0.29) is 17.5 Å². The molecule has 2 aliphatic rings. The van der Waals surface area contributed by atoms with Crippen molar-refractivity contribution in [3.05, 3.63) is 65.2 Å². The molecule has 2 aromatic rings. The quantitative estimate of drug-likeness (QED) is 0.364.